The molecule has 0 aliphatic carbocycles. The lowest BCUT2D eigenvalue weighted by Gasteiger charge is -2.08. The van der Waals surface area contributed by atoms with Crippen molar-refractivity contribution in [1.29, 1.82) is 5.26 Å². The van der Waals surface area contributed by atoms with Crippen molar-refractivity contribution in [2.75, 3.05) is 0 Å². The molecule has 6 nitrogen and oxygen atoms in total. The van der Waals surface area contributed by atoms with Crippen molar-refractivity contribution in [1.82, 2.24) is 15.4 Å². The zero-order valence-electron chi connectivity index (χ0n) is 11.4. The maximum Gasteiger partial charge on any atom is 0.271 e. The largest absolute Gasteiger partial charge is 0.364 e. The molecule has 2 aromatic carbocycles. The Morgan fingerprint density at radius 3 is 2.36 bits per heavy atom. The Morgan fingerprint density at radius 2 is 1.73 bits per heavy atom. The van der Waals surface area contributed by atoms with Gasteiger partial charge < -0.3 is 5.73 Å². The van der Waals surface area contributed by atoms with Gasteiger partial charge in [-0.15, -0.1) is 0 Å². The number of hydrogen-bond donors (Lipinski definition) is 2. The third-order valence-corrected chi connectivity index (χ3v) is 3.29. The molecule has 0 bridgehead atoms. The zero-order chi connectivity index (χ0) is 15.5. The van der Waals surface area contributed by atoms with Gasteiger partial charge in [0, 0.05) is 5.56 Å². The second-order valence-electron chi connectivity index (χ2n) is 4.62. The Morgan fingerprint density at radius 1 is 1.05 bits per heavy atom. The van der Waals surface area contributed by atoms with E-state index in [-0.39, 0.29) is 5.69 Å². The molecule has 6 heteroatoms. The number of hydrogen-bond acceptors (Lipinski definition) is 4. The molecule has 3 rings (SSSR count). The summed E-state index contributed by atoms with van der Waals surface area (Å²) >= 11 is 0. The second-order valence-corrected chi connectivity index (χ2v) is 4.62. The van der Waals surface area contributed by atoms with Crippen LogP contribution in [0.4, 0.5) is 0 Å². The van der Waals surface area contributed by atoms with Crippen LogP contribution in [0, 0.1) is 11.3 Å². The zero-order valence-corrected chi connectivity index (χ0v) is 11.4. The molecule has 1 amide bonds. The number of aromatic amines is 1. The number of carbonyl (C=O) groups excluding carboxylic acids is 1. The quantitative estimate of drug-likeness (QED) is 0.769. The molecule has 1 heterocycles. The molecular weight excluding hydrogens is 278 g/mol. The lowest BCUT2D eigenvalue weighted by Crippen LogP contribution is -2.12. The van der Waals surface area contributed by atoms with Gasteiger partial charge in [-0.3, -0.25) is 4.79 Å². The monoisotopic (exact) mass is 289 g/mol. The molecule has 22 heavy (non-hydrogen) atoms. The van der Waals surface area contributed by atoms with Gasteiger partial charge in [-0.25, -0.2) is 0 Å². The van der Waals surface area contributed by atoms with Crippen LogP contribution in [0.15, 0.2) is 48.5 Å². The highest BCUT2D eigenvalue weighted by atomic mass is 16.1. The van der Waals surface area contributed by atoms with E-state index in [4.69, 9.17) is 11.0 Å². The van der Waals surface area contributed by atoms with Crippen LogP contribution < -0.4 is 5.73 Å². The number of nitrogens with one attached hydrogen (secondary N) is 1. The van der Waals surface area contributed by atoms with Crippen LogP contribution in [-0.2, 0) is 0 Å². The standard InChI is InChI=1S/C16H11N5O/c17-9-10-5-7-11(8-6-10)12-3-1-2-4-13(12)14-15(16(18)22)20-21-19-14/h1-8H,(H2,18,22)(H,19,20,21). The van der Waals surface area contributed by atoms with Gasteiger partial charge in [-0.05, 0) is 23.3 Å². The average molecular weight is 289 g/mol. The first kappa shape index (κ1) is 13.5. The normalized spacial score (nSPS) is 10.1. The van der Waals surface area contributed by atoms with E-state index in [1.165, 1.54) is 0 Å². The molecule has 0 aliphatic heterocycles. The van der Waals surface area contributed by atoms with Crippen molar-refractivity contribution in [3.8, 4) is 28.5 Å². The van der Waals surface area contributed by atoms with Gasteiger partial charge in [-0.2, -0.15) is 20.7 Å². The van der Waals surface area contributed by atoms with Crippen molar-refractivity contribution < 1.29 is 4.79 Å². The highest BCUT2D eigenvalue weighted by molar-refractivity contribution is 5.98. The minimum absolute atomic E-state index is 0.0982. The lowest BCUT2D eigenvalue weighted by atomic mass is 9.96. The molecule has 0 fully saturated rings. The van der Waals surface area contributed by atoms with Crippen molar-refractivity contribution >= 4 is 5.91 Å². The van der Waals surface area contributed by atoms with Gasteiger partial charge in [-0.1, -0.05) is 36.4 Å². The van der Waals surface area contributed by atoms with Crippen LogP contribution in [0.1, 0.15) is 16.1 Å². The number of amides is 1. The summed E-state index contributed by atoms with van der Waals surface area (Å²) in [4.78, 5) is 11.5. The summed E-state index contributed by atoms with van der Waals surface area (Å²) in [5.74, 6) is -0.640. The summed E-state index contributed by atoms with van der Waals surface area (Å²) < 4.78 is 0. The van der Waals surface area contributed by atoms with Gasteiger partial charge in [0.15, 0.2) is 5.69 Å². The third kappa shape index (κ3) is 2.31. The molecule has 0 spiro atoms. The van der Waals surface area contributed by atoms with E-state index < -0.39 is 5.91 Å². The fourth-order valence-corrected chi connectivity index (χ4v) is 2.26. The van der Waals surface area contributed by atoms with E-state index in [0.29, 0.717) is 11.3 Å². The van der Waals surface area contributed by atoms with Gasteiger partial charge in [0.2, 0.25) is 0 Å². The molecule has 3 N–H and O–H groups in total. The van der Waals surface area contributed by atoms with Gasteiger partial charge in [0.1, 0.15) is 5.69 Å². The molecule has 106 valence electrons. The molecule has 0 saturated heterocycles. The lowest BCUT2D eigenvalue weighted by molar-refractivity contribution is 0.0996. The number of primary amides is 1. The van der Waals surface area contributed by atoms with Crippen molar-refractivity contribution in [3.63, 3.8) is 0 Å². The number of benzene rings is 2. The van der Waals surface area contributed by atoms with Crippen molar-refractivity contribution in [2.45, 2.75) is 0 Å². The van der Waals surface area contributed by atoms with E-state index in [1.807, 2.05) is 36.4 Å². The summed E-state index contributed by atoms with van der Waals surface area (Å²) in [6, 6.07) is 16.8. The Balaban J connectivity index is 2.16. The number of nitriles is 1. The highest BCUT2D eigenvalue weighted by Gasteiger charge is 2.18. The Kier molecular flexibility index (Phi) is 3.38. The summed E-state index contributed by atoms with van der Waals surface area (Å²) in [7, 11) is 0. The molecule has 1 aromatic heterocycles. The molecule has 0 unspecified atom stereocenters. The smallest absolute Gasteiger partial charge is 0.271 e. The van der Waals surface area contributed by atoms with Crippen LogP contribution in [0.25, 0.3) is 22.4 Å². The molecule has 3 aromatic rings. The maximum atomic E-state index is 11.5. The van der Waals surface area contributed by atoms with E-state index >= 15 is 0 Å². The summed E-state index contributed by atoms with van der Waals surface area (Å²) in [5.41, 5.74) is 8.95. The first-order chi connectivity index (χ1) is 10.7. The van der Waals surface area contributed by atoms with Crippen molar-refractivity contribution in [3.05, 3.63) is 59.8 Å². The van der Waals surface area contributed by atoms with E-state index in [9.17, 15) is 4.79 Å². The molecular formula is C16H11N5O. The minimum atomic E-state index is -0.640. The average Bonchev–Trinajstić information content (AvgIpc) is 3.05. The predicted molar refractivity (Wildman–Crippen MR) is 80.5 cm³/mol. The summed E-state index contributed by atoms with van der Waals surface area (Å²) in [5, 5.41) is 19.1. The van der Waals surface area contributed by atoms with Crippen LogP contribution in [-0.4, -0.2) is 21.3 Å². The third-order valence-electron chi connectivity index (χ3n) is 3.29. The van der Waals surface area contributed by atoms with Crippen LogP contribution >= 0.6 is 0 Å². The number of aromatic nitrogens is 3. The van der Waals surface area contributed by atoms with Crippen molar-refractivity contribution in [2.24, 2.45) is 5.73 Å². The molecule has 0 atom stereocenters. The molecule has 0 radical (unpaired) electrons. The maximum absolute atomic E-state index is 11.5. The van der Waals surface area contributed by atoms with E-state index in [0.717, 1.165) is 16.7 Å². The molecule has 0 saturated carbocycles. The van der Waals surface area contributed by atoms with Gasteiger partial charge in [0.05, 0.1) is 11.6 Å². The van der Waals surface area contributed by atoms with E-state index in [1.54, 1.807) is 12.1 Å². The van der Waals surface area contributed by atoms with Crippen LogP contribution in [0.2, 0.25) is 0 Å². The van der Waals surface area contributed by atoms with Crippen LogP contribution in [0.3, 0.4) is 0 Å². The minimum Gasteiger partial charge on any atom is -0.364 e. The predicted octanol–water partition coefficient (Wildman–Crippen LogP) is 2.11. The van der Waals surface area contributed by atoms with Crippen LogP contribution in [0.5, 0.6) is 0 Å². The second kappa shape index (κ2) is 5.50. The fraction of sp³-hybridized carbons (Fsp3) is 0. The first-order valence-corrected chi connectivity index (χ1v) is 6.51. The number of nitrogens with two attached hydrogens (primary N) is 1. The topological polar surface area (TPSA) is 108 Å². The number of nitrogens with zero attached hydrogens (tertiary/aromatic N) is 3. The summed E-state index contributed by atoms with van der Waals surface area (Å²) in [6.45, 7) is 0. The van der Waals surface area contributed by atoms with Gasteiger partial charge >= 0.3 is 0 Å². The Bertz CT molecular complexity index is 874. The Labute approximate surface area is 126 Å². The first-order valence-electron chi connectivity index (χ1n) is 6.51. The summed E-state index contributed by atoms with van der Waals surface area (Å²) in [6.07, 6.45) is 0. The Hall–Kier alpha value is -3.46. The van der Waals surface area contributed by atoms with Gasteiger partial charge in [0.25, 0.3) is 5.91 Å². The number of carbonyl (C=O) groups is 1. The fourth-order valence-electron chi connectivity index (χ4n) is 2.26. The number of H-pyrrole nitrogens is 1. The highest BCUT2D eigenvalue weighted by Crippen LogP contribution is 2.32. The van der Waals surface area contributed by atoms with E-state index in [2.05, 4.69) is 21.5 Å². The number of rotatable bonds is 3. The SMILES string of the molecule is N#Cc1ccc(-c2ccccc2-c2n[nH]nc2C(N)=O)cc1. The molecule has 0 aliphatic rings.